The summed E-state index contributed by atoms with van der Waals surface area (Å²) in [5, 5.41) is 17.1. The lowest BCUT2D eigenvalue weighted by Crippen LogP contribution is -2.34. The van der Waals surface area contributed by atoms with E-state index in [1.54, 1.807) is 7.05 Å². The van der Waals surface area contributed by atoms with E-state index in [0.29, 0.717) is 25.8 Å². The fourth-order valence-electron chi connectivity index (χ4n) is 1.24. The number of nitrogens with one attached hydrogen (secondary N) is 2. The number of unbranched alkanes of at least 4 members (excludes halogenated alkanes) is 1. The fraction of sp³-hybridized carbons (Fsp3) is 0.778. The number of carbonyl (C=O) groups is 2. The number of hydrogen-bond acceptors (Lipinski definition) is 4. The van der Waals surface area contributed by atoms with Gasteiger partial charge in [-0.15, -0.1) is 0 Å². The van der Waals surface area contributed by atoms with Crippen LogP contribution in [-0.4, -0.2) is 43.2 Å². The third-order valence-electron chi connectivity index (χ3n) is 2.17. The highest BCUT2D eigenvalue weighted by Crippen LogP contribution is 2.00. The number of amides is 1. The summed E-state index contributed by atoms with van der Waals surface area (Å²) in [5.74, 6) is -1.20. The van der Waals surface area contributed by atoms with E-state index in [1.165, 1.54) is 0 Å². The van der Waals surface area contributed by atoms with Gasteiger partial charge in [0.15, 0.2) is 0 Å². The van der Waals surface area contributed by atoms with Gasteiger partial charge in [0.2, 0.25) is 5.91 Å². The molecule has 1 amide bonds. The Morgan fingerprint density at radius 2 is 2.18 bits per heavy atom. The van der Waals surface area contributed by atoms with Gasteiger partial charge in [0, 0.05) is 11.5 Å². The average molecular weight is 243 g/mol. The molecule has 1 atom stereocenters. The van der Waals surface area contributed by atoms with Crippen molar-refractivity contribution in [1.29, 1.82) is 0 Å². The number of carbonyl (C=O) groups excluding carboxylic acids is 1. The zero-order valence-corrected chi connectivity index (χ0v) is 9.72. The van der Waals surface area contributed by atoms with Crippen LogP contribution in [0.5, 0.6) is 0 Å². The zero-order valence-electron chi connectivity index (χ0n) is 9.72. The van der Waals surface area contributed by atoms with Crippen LogP contribution in [0.3, 0.4) is 0 Å². The molecule has 0 radical (unpaired) electrons. The Morgan fingerprint density at radius 3 is 2.71 bits per heavy atom. The lowest BCUT2D eigenvalue weighted by Gasteiger charge is -2.10. The van der Waals surface area contributed by atoms with Crippen molar-refractivity contribution in [1.82, 2.24) is 10.6 Å². The highest BCUT2D eigenvalue weighted by atomic mass is 16.4. The lowest BCUT2D eigenvalue weighted by molar-refractivity contribution is -0.139. The zero-order chi connectivity index (χ0) is 13.1. The molecule has 0 aromatic rings. The molecule has 0 rings (SSSR count). The second kappa shape index (κ2) is 9.44. The summed E-state index contributed by atoms with van der Waals surface area (Å²) in [6, 6.07) is -0.547. The van der Waals surface area contributed by atoms with Crippen molar-refractivity contribution in [3.8, 4) is 0 Å². The van der Waals surface area contributed by atoms with Gasteiger partial charge < -0.3 is 15.7 Å². The highest BCUT2D eigenvalue weighted by molar-refractivity contribution is 5.78. The third-order valence-corrected chi connectivity index (χ3v) is 2.17. The summed E-state index contributed by atoms with van der Waals surface area (Å²) in [6.45, 7) is 0.251. The van der Waals surface area contributed by atoms with Gasteiger partial charge in [-0.3, -0.25) is 9.59 Å². The highest BCUT2D eigenvalue weighted by Gasteiger charge is 2.13. The maximum absolute atomic E-state index is 11.0. The summed E-state index contributed by atoms with van der Waals surface area (Å²) in [7, 11) is 1.60. The predicted molar refractivity (Wildman–Crippen MR) is 61.4 cm³/mol. The van der Waals surface area contributed by atoms with E-state index in [4.69, 9.17) is 10.6 Å². The van der Waals surface area contributed by atoms with E-state index >= 15 is 0 Å². The molecule has 0 aliphatic carbocycles. The van der Waals surface area contributed by atoms with Crippen molar-refractivity contribution in [3.63, 3.8) is 0 Å². The van der Waals surface area contributed by atoms with Crippen LogP contribution in [0, 0.1) is 0 Å². The number of aliphatic carboxylic acids is 1. The maximum Gasteiger partial charge on any atom is 0.320 e. The van der Waals surface area contributed by atoms with Crippen molar-refractivity contribution in [2.45, 2.75) is 25.3 Å². The molecular weight excluding hydrogens is 226 g/mol. The van der Waals surface area contributed by atoms with Gasteiger partial charge in [-0.25, -0.2) is 0 Å². The van der Waals surface area contributed by atoms with Crippen LogP contribution in [-0.2, 0) is 9.59 Å². The van der Waals surface area contributed by atoms with Crippen LogP contribution in [0.25, 0.3) is 10.4 Å². The molecule has 8 heteroatoms. The molecule has 0 saturated carbocycles. The second-order valence-electron chi connectivity index (χ2n) is 3.41. The number of likely N-dealkylation sites (N-methyl/N-ethyl adjacent to an activating group) is 1. The molecule has 0 heterocycles. The number of hydrogen-bond donors (Lipinski definition) is 3. The number of rotatable bonds is 9. The summed E-state index contributed by atoms with van der Waals surface area (Å²) >= 11 is 0. The average Bonchev–Trinajstić information content (AvgIpc) is 2.30. The van der Waals surface area contributed by atoms with Gasteiger partial charge in [0.1, 0.15) is 12.6 Å². The number of azide groups is 1. The van der Waals surface area contributed by atoms with Gasteiger partial charge in [-0.1, -0.05) is 5.11 Å². The molecule has 3 N–H and O–H groups in total. The first-order valence-electron chi connectivity index (χ1n) is 5.29. The molecule has 0 aliphatic rings. The molecule has 0 aromatic carbocycles. The molecule has 0 aromatic heterocycles. The summed E-state index contributed by atoms with van der Waals surface area (Å²) < 4.78 is 0. The molecule has 0 aliphatic heterocycles. The van der Waals surface area contributed by atoms with Crippen LogP contribution < -0.4 is 10.6 Å². The third kappa shape index (κ3) is 8.06. The SMILES string of the molecule is CN[C@@H](CCCCNC(=O)CN=[N+]=[N-])C(=O)O. The molecule has 8 nitrogen and oxygen atoms in total. The minimum Gasteiger partial charge on any atom is -0.480 e. The van der Waals surface area contributed by atoms with Crippen LogP contribution in [0.1, 0.15) is 19.3 Å². The maximum atomic E-state index is 11.0. The monoisotopic (exact) mass is 243 g/mol. The van der Waals surface area contributed by atoms with Crippen molar-refractivity contribution >= 4 is 11.9 Å². The van der Waals surface area contributed by atoms with E-state index < -0.39 is 12.0 Å². The van der Waals surface area contributed by atoms with Gasteiger partial charge in [-0.05, 0) is 31.8 Å². The van der Waals surface area contributed by atoms with E-state index in [-0.39, 0.29) is 12.5 Å². The summed E-state index contributed by atoms with van der Waals surface area (Å²) in [5.41, 5.74) is 7.98. The Morgan fingerprint density at radius 1 is 1.47 bits per heavy atom. The number of carboxylic acid groups (broad SMARTS) is 1. The second-order valence-corrected chi connectivity index (χ2v) is 3.41. The Kier molecular flexibility index (Phi) is 8.44. The van der Waals surface area contributed by atoms with Crippen molar-refractivity contribution in [2.24, 2.45) is 5.11 Å². The Balaban J connectivity index is 3.54. The van der Waals surface area contributed by atoms with Crippen LogP contribution >= 0.6 is 0 Å². The minimum atomic E-state index is -0.875. The van der Waals surface area contributed by atoms with Crippen molar-refractivity contribution in [2.75, 3.05) is 20.1 Å². The first kappa shape index (κ1) is 15.2. The molecule has 0 saturated heterocycles. The van der Waals surface area contributed by atoms with E-state index in [9.17, 15) is 9.59 Å². The van der Waals surface area contributed by atoms with Gasteiger partial charge in [0.05, 0.1) is 0 Å². The smallest absolute Gasteiger partial charge is 0.320 e. The predicted octanol–water partition coefficient (Wildman–Crippen LogP) is 0.256. The van der Waals surface area contributed by atoms with Gasteiger partial charge in [0.25, 0.3) is 0 Å². The quantitative estimate of drug-likeness (QED) is 0.232. The summed E-state index contributed by atoms with van der Waals surface area (Å²) in [4.78, 5) is 24.1. The normalized spacial score (nSPS) is 11.4. The van der Waals surface area contributed by atoms with Crippen molar-refractivity contribution in [3.05, 3.63) is 10.4 Å². The topological polar surface area (TPSA) is 127 Å². The minimum absolute atomic E-state index is 0.204. The van der Waals surface area contributed by atoms with Crippen LogP contribution in [0.15, 0.2) is 5.11 Å². The van der Waals surface area contributed by atoms with E-state index in [0.717, 1.165) is 0 Å². The fourth-order valence-corrected chi connectivity index (χ4v) is 1.24. The Labute approximate surface area is 99.0 Å². The summed E-state index contributed by atoms with van der Waals surface area (Å²) in [6.07, 6.45) is 1.89. The molecule has 96 valence electrons. The van der Waals surface area contributed by atoms with E-state index in [2.05, 4.69) is 20.7 Å². The Bertz CT molecular complexity index is 301. The molecule has 0 unspecified atom stereocenters. The number of nitrogens with zero attached hydrogens (tertiary/aromatic N) is 3. The first-order chi connectivity index (χ1) is 8.11. The van der Waals surface area contributed by atoms with Gasteiger partial charge in [-0.2, -0.15) is 0 Å². The van der Waals surface area contributed by atoms with Crippen molar-refractivity contribution < 1.29 is 14.7 Å². The molecule has 0 bridgehead atoms. The lowest BCUT2D eigenvalue weighted by atomic mass is 10.1. The molecule has 0 spiro atoms. The standard InChI is InChI=1S/C9H17N5O3/c1-11-7(9(16)17)4-2-3-5-12-8(15)6-13-14-10/h7,11H,2-6H2,1H3,(H,12,15)(H,16,17)/t7-/m0/s1. The Hall–Kier alpha value is -1.79. The van der Waals surface area contributed by atoms with E-state index in [1.807, 2.05) is 0 Å². The first-order valence-corrected chi connectivity index (χ1v) is 5.29. The number of carboxylic acids is 1. The van der Waals surface area contributed by atoms with Crippen LogP contribution in [0.2, 0.25) is 0 Å². The van der Waals surface area contributed by atoms with Crippen LogP contribution in [0.4, 0.5) is 0 Å². The molecular formula is C9H17N5O3. The molecule has 0 fully saturated rings. The largest absolute Gasteiger partial charge is 0.480 e. The van der Waals surface area contributed by atoms with Gasteiger partial charge >= 0.3 is 5.97 Å². The molecule has 17 heavy (non-hydrogen) atoms.